The summed E-state index contributed by atoms with van der Waals surface area (Å²) in [5.41, 5.74) is 0.677. The number of benzene rings is 1. The van der Waals surface area contributed by atoms with E-state index in [1.165, 1.54) is 44.9 Å². The minimum atomic E-state index is -0.451. The first-order valence-electron chi connectivity index (χ1n) is 11.7. The van der Waals surface area contributed by atoms with Crippen LogP contribution in [0.3, 0.4) is 0 Å². The summed E-state index contributed by atoms with van der Waals surface area (Å²) < 4.78 is 17.0. The lowest BCUT2D eigenvalue weighted by Gasteiger charge is -2.30. The van der Waals surface area contributed by atoms with E-state index in [0.717, 1.165) is 25.3 Å². The molecule has 1 unspecified atom stereocenters. The highest BCUT2D eigenvalue weighted by Crippen LogP contribution is 2.18. The predicted molar refractivity (Wildman–Crippen MR) is 121 cm³/mol. The second-order valence-corrected chi connectivity index (χ2v) is 7.96. The second-order valence-electron chi connectivity index (χ2n) is 7.96. The van der Waals surface area contributed by atoms with Crippen LogP contribution in [0, 0.1) is 0 Å². The molecule has 1 saturated heterocycles. The maximum absolute atomic E-state index is 12.5. The molecule has 1 aromatic carbocycles. The lowest BCUT2D eigenvalue weighted by atomic mass is 10.1. The number of carbonyl (C=O) groups excluding carboxylic acids is 1. The Kier molecular flexibility index (Phi) is 12.3. The minimum absolute atomic E-state index is 0.273. The van der Waals surface area contributed by atoms with Gasteiger partial charge in [-0.25, -0.2) is 4.79 Å². The van der Waals surface area contributed by atoms with Crippen LogP contribution in [0.4, 0.5) is 10.5 Å². The molecule has 1 amide bonds. The molecule has 1 aliphatic heterocycles. The number of carbonyl (C=O) groups is 1. The van der Waals surface area contributed by atoms with Gasteiger partial charge in [0.25, 0.3) is 0 Å². The Morgan fingerprint density at radius 2 is 1.90 bits per heavy atom. The highest BCUT2D eigenvalue weighted by Gasteiger charge is 2.20. The Morgan fingerprint density at radius 3 is 2.67 bits per heavy atom. The van der Waals surface area contributed by atoms with Gasteiger partial charge in [-0.15, -0.1) is 0 Å². The van der Waals surface area contributed by atoms with Crippen LogP contribution in [0.1, 0.15) is 65.2 Å². The summed E-state index contributed by atoms with van der Waals surface area (Å²) in [6.45, 7) is 8.73. The largest absolute Gasteiger partial charge is 0.494 e. The van der Waals surface area contributed by atoms with Crippen molar-refractivity contribution in [3.05, 3.63) is 24.3 Å². The number of piperidine rings is 1. The Morgan fingerprint density at radius 1 is 1.10 bits per heavy atom. The third-order valence-corrected chi connectivity index (χ3v) is 5.29. The average Bonchev–Trinajstić information content (AvgIpc) is 2.75. The molecule has 0 bridgehead atoms. The first-order valence-corrected chi connectivity index (χ1v) is 11.7. The van der Waals surface area contributed by atoms with Crippen LogP contribution in [-0.4, -0.2) is 56.6 Å². The van der Waals surface area contributed by atoms with Gasteiger partial charge in [-0.05, 0) is 51.4 Å². The van der Waals surface area contributed by atoms with Crippen molar-refractivity contribution >= 4 is 11.8 Å². The van der Waals surface area contributed by atoms with Gasteiger partial charge in [-0.2, -0.15) is 0 Å². The summed E-state index contributed by atoms with van der Waals surface area (Å²) in [7, 11) is 0. The van der Waals surface area contributed by atoms with Gasteiger partial charge in [-0.3, -0.25) is 10.2 Å². The van der Waals surface area contributed by atoms with Gasteiger partial charge in [0.15, 0.2) is 0 Å². The third kappa shape index (κ3) is 10.3. The first kappa shape index (κ1) is 24.5. The molecular formula is C24H40N2O4. The van der Waals surface area contributed by atoms with Crippen LogP contribution in [0.25, 0.3) is 0 Å². The van der Waals surface area contributed by atoms with E-state index in [0.29, 0.717) is 32.1 Å². The summed E-state index contributed by atoms with van der Waals surface area (Å²) in [5, 5.41) is 2.83. The summed E-state index contributed by atoms with van der Waals surface area (Å²) in [4.78, 5) is 14.8. The van der Waals surface area contributed by atoms with Crippen LogP contribution in [0.2, 0.25) is 0 Å². The molecule has 0 saturated carbocycles. The van der Waals surface area contributed by atoms with E-state index in [1.54, 1.807) is 0 Å². The number of nitrogens with zero attached hydrogens (tertiary/aromatic N) is 1. The minimum Gasteiger partial charge on any atom is -0.494 e. The molecule has 1 heterocycles. The number of unbranched alkanes of at least 4 members (excludes halogenated alkanes) is 4. The van der Waals surface area contributed by atoms with Crippen LogP contribution in [-0.2, 0) is 9.47 Å². The molecule has 1 aromatic rings. The number of hydrogen-bond acceptors (Lipinski definition) is 5. The Hall–Kier alpha value is -1.79. The van der Waals surface area contributed by atoms with Gasteiger partial charge >= 0.3 is 6.09 Å². The van der Waals surface area contributed by atoms with Crippen molar-refractivity contribution in [1.82, 2.24) is 4.90 Å². The maximum Gasteiger partial charge on any atom is 0.412 e. The van der Waals surface area contributed by atoms with Crippen molar-refractivity contribution in [2.24, 2.45) is 0 Å². The number of anilines is 1. The molecule has 170 valence electrons. The summed E-state index contributed by atoms with van der Waals surface area (Å²) in [5.74, 6) is 0.766. The summed E-state index contributed by atoms with van der Waals surface area (Å²) in [6.07, 6.45) is 9.00. The fraction of sp³-hybridized carbons (Fsp3) is 0.708. The number of rotatable bonds is 14. The van der Waals surface area contributed by atoms with Crippen molar-refractivity contribution in [3.8, 4) is 5.75 Å². The molecular weight excluding hydrogens is 380 g/mol. The van der Waals surface area contributed by atoms with Crippen molar-refractivity contribution in [2.45, 2.75) is 71.3 Å². The zero-order chi connectivity index (χ0) is 21.4. The monoisotopic (exact) mass is 420 g/mol. The molecule has 6 nitrogen and oxygen atoms in total. The number of amides is 1. The van der Waals surface area contributed by atoms with E-state index in [1.807, 2.05) is 31.2 Å². The standard InChI is InChI=1S/C24H40N2O4/c1-3-5-6-7-11-17-29-22-14-12-13-21(18-22)25-24(27)30-23(20-28-4-2)19-26-15-9-8-10-16-26/h12-14,18,23H,3-11,15-17,19-20H2,1-2H3,(H,25,27). The van der Waals surface area contributed by atoms with Crippen molar-refractivity contribution in [2.75, 3.05) is 44.8 Å². The number of nitrogens with one attached hydrogen (secondary N) is 1. The molecule has 6 heteroatoms. The van der Waals surface area contributed by atoms with Gasteiger partial charge in [0, 0.05) is 24.9 Å². The molecule has 0 spiro atoms. The average molecular weight is 421 g/mol. The van der Waals surface area contributed by atoms with E-state index in [-0.39, 0.29) is 6.10 Å². The van der Waals surface area contributed by atoms with E-state index in [2.05, 4.69) is 17.1 Å². The van der Waals surface area contributed by atoms with E-state index < -0.39 is 6.09 Å². The lowest BCUT2D eigenvalue weighted by molar-refractivity contribution is 0.00821. The van der Waals surface area contributed by atoms with Crippen molar-refractivity contribution in [3.63, 3.8) is 0 Å². The highest BCUT2D eigenvalue weighted by molar-refractivity contribution is 5.85. The van der Waals surface area contributed by atoms with Gasteiger partial charge in [0.1, 0.15) is 11.9 Å². The first-order chi connectivity index (χ1) is 14.7. The van der Waals surface area contributed by atoms with Crippen molar-refractivity contribution in [1.29, 1.82) is 0 Å². The Balaban J connectivity index is 1.78. The topological polar surface area (TPSA) is 60.0 Å². The zero-order valence-corrected chi connectivity index (χ0v) is 18.9. The molecule has 0 radical (unpaired) electrons. The lowest BCUT2D eigenvalue weighted by Crippen LogP contribution is -2.41. The molecule has 1 fully saturated rings. The van der Waals surface area contributed by atoms with Gasteiger partial charge < -0.3 is 14.2 Å². The summed E-state index contributed by atoms with van der Waals surface area (Å²) >= 11 is 0. The molecule has 30 heavy (non-hydrogen) atoms. The van der Waals surface area contributed by atoms with Crippen LogP contribution >= 0.6 is 0 Å². The fourth-order valence-corrected chi connectivity index (χ4v) is 3.66. The predicted octanol–water partition coefficient (Wildman–Crippen LogP) is 5.48. The van der Waals surface area contributed by atoms with Gasteiger partial charge in [-0.1, -0.05) is 45.1 Å². The maximum atomic E-state index is 12.5. The Bertz CT molecular complexity index is 590. The quantitative estimate of drug-likeness (QED) is 0.404. The Labute approximate surface area is 182 Å². The highest BCUT2D eigenvalue weighted by atomic mass is 16.6. The van der Waals surface area contributed by atoms with Crippen molar-refractivity contribution < 1.29 is 19.0 Å². The smallest absolute Gasteiger partial charge is 0.412 e. The van der Waals surface area contributed by atoms with Crippen LogP contribution in [0.5, 0.6) is 5.75 Å². The number of hydrogen-bond donors (Lipinski definition) is 1. The number of ether oxygens (including phenoxy) is 3. The molecule has 1 atom stereocenters. The van der Waals surface area contributed by atoms with E-state index in [9.17, 15) is 4.79 Å². The number of likely N-dealkylation sites (tertiary alicyclic amines) is 1. The second kappa shape index (κ2) is 15.1. The normalized spacial score (nSPS) is 15.5. The molecule has 0 aliphatic carbocycles. The molecule has 1 aliphatic rings. The molecule has 2 rings (SSSR count). The van der Waals surface area contributed by atoms with E-state index >= 15 is 0 Å². The third-order valence-electron chi connectivity index (χ3n) is 5.29. The van der Waals surface area contributed by atoms with Gasteiger partial charge in [0.05, 0.1) is 13.2 Å². The van der Waals surface area contributed by atoms with Gasteiger partial charge in [0.2, 0.25) is 0 Å². The molecule has 1 N–H and O–H groups in total. The SMILES string of the molecule is CCCCCCCOc1cccc(NC(=O)OC(COCC)CN2CCCCC2)c1. The van der Waals surface area contributed by atoms with E-state index in [4.69, 9.17) is 14.2 Å². The zero-order valence-electron chi connectivity index (χ0n) is 18.9. The molecule has 0 aromatic heterocycles. The summed E-state index contributed by atoms with van der Waals surface area (Å²) in [6, 6.07) is 7.48. The van der Waals surface area contributed by atoms with Crippen LogP contribution < -0.4 is 10.1 Å². The fourth-order valence-electron chi connectivity index (χ4n) is 3.66. The van der Waals surface area contributed by atoms with Crippen LogP contribution in [0.15, 0.2) is 24.3 Å².